The Morgan fingerprint density at radius 3 is 2.81 bits per heavy atom. The number of H-pyrrole nitrogens is 1. The molecule has 0 saturated heterocycles. The van der Waals surface area contributed by atoms with Gasteiger partial charge < -0.3 is 15.0 Å². The van der Waals surface area contributed by atoms with Gasteiger partial charge in [-0.25, -0.2) is 18.6 Å². The molecule has 142 valence electrons. The lowest BCUT2D eigenvalue weighted by molar-refractivity contribution is -0.709. The second-order valence-corrected chi connectivity index (χ2v) is 7.13. The Bertz CT molecular complexity index is 1080. The highest BCUT2D eigenvalue weighted by atomic mass is 32.1. The molecule has 0 aliphatic carbocycles. The zero-order valence-electron chi connectivity index (χ0n) is 14.9. The lowest BCUT2D eigenvalue weighted by atomic mass is 10.1. The number of methoxy groups -OCH3 is 1. The van der Waals surface area contributed by atoms with Crippen LogP contribution < -0.4 is 10.9 Å². The van der Waals surface area contributed by atoms with Gasteiger partial charge in [0.2, 0.25) is 0 Å². The summed E-state index contributed by atoms with van der Waals surface area (Å²) < 4.78 is 31.6. The summed E-state index contributed by atoms with van der Waals surface area (Å²) in [4.78, 5) is 32.1. The van der Waals surface area contributed by atoms with Crippen LogP contribution in [0.3, 0.4) is 0 Å². The molecule has 3 rings (SSSR count). The van der Waals surface area contributed by atoms with Crippen LogP contribution in [0.5, 0.6) is 0 Å². The molecular formula is C18H18F2N3O3S+. The Labute approximate surface area is 157 Å². The van der Waals surface area contributed by atoms with Crippen LogP contribution in [-0.2, 0) is 11.3 Å². The minimum Gasteiger partial charge on any atom is -0.465 e. The summed E-state index contributed by atoms with van der Waals surface area (Å²) in [5, 5.41) is 2.14. The van der Waals surface area contributed by atoms with Gasteiger partial charge in [0.1, 0.15) is 33.9 Å². The van der Waals surface area contributed by atoms with Crippen molar-refractivity contribution in [2.24, 2.45) is 0 Å². The van der Waals surface area contributed by atoms with Crippen LogP contribution >= 0.6 is 11.3 Å². The van der Waals surface area contributed by atoms with Crippen molar-refractivity contribution in [1.29, 1.82) is 0 Å². The fourth-order valence-electron chi connectivity index (χ4n) is 2.86. The van der Waals surface area contributed by atoms with Gasteiger partial charge in [-0.05, 0) is 31.5 Å². The lowest BCUT2D eigenvalue weighted by Crippen LogP contribution is -2.83. The highest BCUT2D eigenvalue weighted by molar-refractivity contribution is 7.20. The van der Waals surface area contributed by atoms with E-state index in [1.54, 1.807) is 19.2 Å². The van der Waals surface area contributed by atoms with Gasteiger partial charge in [-0.2, -0.15) is 0 Å². The van der Waals surface area contributed by atoms with E-state index in [9.17, 15) is 18.4 Å². The minimum atomic E-state index is -0.630. The first-order valence-electron chi connectivity index (χ1n) is 8.20. The van der Waals surface area contributed by atoms with Crippen LogP contribution in [0.25, 0.3) is 10.2 Å². The molecule has 0 spiro atoms. The quantitative estimate of drug-likeness (QED) is 0.650. The zero-order chi connectivity index (χ0) is 19.7. The van der Waals surface area contributed by atoms with Gasteiger partial charge in [0.25, 0.3) is 5.56 Å². The van der Waals surface area contributed by atoms with Crippen molar-refractivity contribution in [3.05, 3.63) is 62.0 Å². The second-order valence-electron chi connectivity index (χ2n) is 6.13. The third-order valence-electron chi connectivity index (χ3n) is 4.34. The Morgan fingerprint density at radius 1 is 1.41 bits per heavy atom. The minimum absolute atomic E-state index is 0.285. The van der Waals surface area contributed by atoms with Gasteiger partial charge in [0.15, 0.2) is 5.82 Å². The predicted molar refractivity (Wildman–Crippen MR) is 96.7 cm³/mol. The molecule has 2 heterocycles. The van der Waals surface area contributed by atoms with Crippen molar-refractivity contribution in [1.82, 2.24) is 9.97 Å². The van der Waals surface area contributed by atoms with E-state index in [-0.39, 0.29) is 18.1 Å². The number of carbonyl (C=O) groups excluding carboxylic acids is 1. The van der Waals surface area contributed by atoms with E-state index >= 15 is 0 Å². The molecule has 0 amide bonds. The number of quaternary nitrogens is 1. The monoisotopic (exact) mass is 394 g/mol. The lowest BCUT2D eigenvalue weighted by Gasteiger charge is -2.11. The van der Waals surface area contributed by atoms with Crippen LogP contribution in [-0.4, -0.2) is 23.0 Å². The molecule has 0 aliphatic heterocycles. The third kappa shape index (κ3) is 3.74. The summed E-state index contributed by atoms with van der Waals surface area (Å²) in [6.07, 6.45) is 0. The molecular weight excluding hydrogens is 376 g/mol. The number of halogens is 2. The number of fused-ring (bicyclic) bond motifs is 1. The van der Waals surface area contributed by atoms with E-state index in [1.807, 2.05) is 0 Å². The van der Waals surface area contributed by atoms with Crippen LogP contribution in [0, 0.1) is 18.6 Å². The molecule has 3 N–H and O–H groups in total. The van der Waals surface area contributed by atoms with Crippen molar-refractivity contribution < 1.29 is 23.6 Å². The van der Waals surface area contributed by atoms with E-state index in [4.69, 9.17) is 4.74 Å². The molecule has 0 radical (unpaired) electrons. The highest BCUT2D eigenvalue weighted by Gasteiger charge is 2.20. The Balaban J connectivity index is 1.85. The maximum atomic E-state index is 13.9. The number of thiophene rings is 1. The molecule has 0 aliphatic rings. The Hall–Kier alpha value is -2.65. The summed E-state index contributed by atoms with van der Waals surface area (Å²) >= 11 is 1.10. The summed E-state index contributed by atoms with van der Waals surface area (Å²) in [5.74, 6) is -1.36. The second kappa shape index (κ2) is 7.53. The molecule has 1 atom stereocenters. The highest BCUT2D eigenvalue weighted by Crippen LogP contribution is 2.27. The first kappa shape index (κ1) is 19.1. The van der Waals surface area contributed by atoms with Gasteiger partial charge in [0, 0.05) is 11.6 Å². The molecule has 27 heavy (non-hydrogen) atoms. The van der Waals surface area contributed by atoms with Crippen molar-refractivity contribution in [2.45, 2.75) is 26.4 Å². The standard InChI is InChI=1S/C18H17F2N3O3S/c1-8-14-16(24)22-13(23-17(14)27-15(8)18(25)26-3)7-21-9(2)11-5-4-10(19)6-12(11)20/h4-6,9,21H,7H2,1-3H3,(H,22,23,24)/p+1/t9-/m1/s1. The molecule has 1 aromatic carbocycles. The van der Waals surface area contributed by atoms with Gasteiger partial charge in [-0.15, -0.1) is 11.3 Å². The first-order chi connectivity index (χ1) is 12.8. The van der Waals surface area contributed by atoms with E-state index in [0.29, 0.717) is 32.0 Å². The van der Waals surface area contributed by atoms with Crippen LogP contribution in [0.15, 0.2) is 23.0 Å². The summed E-state index contributed by atoms with van der Waals surface area (Å²) in [7, 11) is 1.28. The molecule has 0 saturated carbocycles. The number of aromatic nitrogens is 2. The average Bonchev–Trinajstić information content (AvgIpc) is 2.96. The van der Waals surface area contributed by atoms with E-state index in [0.717, 1.165) is 17.4 Å². The van der Waals surface area contributed by atoms with Crippen LogP contribution in [0.2, 0.25) is 0 Å². The number of rotatable bonds is 5. The van der Waals surface area contributed by atoms with Crippen LogP contribution in [0.4, 0.5) is 8.78 Å². The number of nitrogens with zero attached hydrogens (tertiary/aromatic N) is 1. The molecule has 0 bridgehead atoms. The van der Waals surface area contributed by atoms with Crippen molar-refractivity contribution in [3.63, 3.8) is 0 Å². The zero-order valence-corrected chi connectivity index (χ0v) is 15.7. The number of benzene rings is 1. The SMILES string of the molecule is COC(=O)c1sc2nc(C[NH2+][C@H](C)c3ccc(F)cc3F)[nH]c(=O)c2c1C. The third-order valence-corrected chi connectivity index (χ3v) is 5.50. The number of nitrogens with two attached hydrogens (primary N) is 1. The smallest absolute Gasteiger partial charge is 0.348 e. The topological polar surface area (TPSA) is 88.7 Å². The number of esters is 1. The normalized spacial score (nSPS) is 12.3. The predicted octanol–water partition coefficient (Wildman–Crippen LogP) is 2.18. The van der Waals surface area contributed by atoms with E-state index in [1.165, 1.54) is 19.2 Å². The summed E-state index contributed by atoms with van der Waals surface area (Å²) in [5.41, 5.74) is 0.556. The molecule has 0 fully saturated rings. The van der Waals surface area contributed by atoms with Crippen molar-refractivity contribution in [2.75, 3.05) is 7.11 Å². The number of aryl methyl sites for hydroxylation is 1. The first-order valence-corrected chi connectivity index (χ1v) is 9.02. The van der Waals surface area contributed by atoms with Gasteiger partial charge in [-0.1, -0.05) is 0 Å². The van der Waals surface area contributed by atoms with Gasteiger partial charge in [0.05, 0.1) is 12.5 Å². The number of hydrogen-bond donors (Lipinski definition) is 2. The van der Waals surface area contributed by atoms with Gasteiger partial charge >= 0.3 is 5.97 Å². The Morgan fingerprint density at radius 2 is 2.15 bits per heavy atom. The number of carbonyl (C=O) groups is 1. The molecule has 9 heteroatoms. The van der Waals surface area contributed by atoms with E-state index in [2.05, 4.69) is 9.97 Å². The van der Waals surface area contributed by atoms with Crippen LogP contribution in [0.1, 0.15) is 39.6 Å². The maximum absolute atomic E-state index is 13.9. The number of hydrogen-bond acceptors (Lipinski definition) is 5. The number of ether oxygens (including phenoxy) is 1. The van der Waals surface area contributed by atoms with E-state index < -0.39 is 17.6 Å². The Kier molecular flexibility index (Phi) is 5.33. The van der Waals surface area contributed by atoms with Crippen molar-refractivity contribution in [3.8, 4) is 0 Å². The number of nitrogens with one attached hydrogen (secondary N) is 1. The van der Waals surface area contributed by atoms with Gasteiger partial charge in [-0.3, -0.25) is 4.79 Å². The fraction of sp³-hybridized carbons (Fsp3) is 0.278. The summed E-state index contributed by atoms with van der Waals surface area (Å²) in [6, 6.07) is 3.14. The largest absolute Gasteiger partial charge is 0.465 e. The molecule has 3 aromatic rings. The molecule has 6 nitrogen and oxygen atoms in total. The fourth-order valence-corrected chi connectivity index (χ4v) is 3.98. The molecule has 2 aromatic heterocycles. The summed E-state index contributed by atoms with van der Waals surface area (Å²) in [6.45, 7) is 3.73. The number of aromatic amines is 1. The molecule has 0 unspecified atom stereocenters. The van der Waals surface area contributed by atoms with Crippen molar-refractivity contribution >= 4 is 27.5 Å². The maximum Gasteiger partial charge on any atom is 0.348 e. The average molecular weight is 394 g/mol.